The fourth-order valence-electron chi connectivity index (χ4n) is 2.64. The van der Waals surface area contributed by atoms with Gasteiger partial charge in [0.2, 0.25) is 0 Å². The Balaban J connectivity index is 1.97. The summed E-state index contributed by atoms with van der Waals surface area (Å²) in [7, 11) is 1.37. The molecule has 0 saturated heterocycles. The lowest BCUT2D eigenvalue weighted by atomic mass is 10.0. The van der Waals surface area contributed by atoms with Crippen molar-refractivity contribution in [1.29, 1.82) is 0 Å². The number of cyclic esters (lactones) is 1. The molecule has 0 aliphatic carbocycles. The number of rotatable bonds is 4. The minimum Gasteiger partial charge on any atom is -0.490 e. The topological polar surface area (TPSA) is 78.7 Å². The van der Waals surface area contributed by atoms with E-state index in [0.29, 0.717) is 16.9 Å². The number of aryl methyl sites for hydroxylation is 2. The van der Waals surface area contributed by atoms with Crippen molar-refractivity contribution in [3.8, 4) is 5.75 Å². The van der Waals surface area contributed by atoms with Gasteiger partial charge < -0.3 is 9.47 Å². The molecule has 0 atom stereocenters. The number of nitrogens with zero attached hydrogens (tertiary/aromatic N) is 1. The monoisotopic (exact) mass is 351 g/mol. The number of nitro groups is 1. The van der Waals surface area contributed by atoms with E-state index in [9.17, 15) is 14.9 Å². The number of esters is 1. The second-order valence-corrected chi connectivity index (χ2v) is 5.99. The molecule has 26 heavy (non-hydrogen) atoms. The van der Waals surface area contributed by atoms with Crippen LogP contribution < -0.4 is 4.74 Å². The van der Waals surface area contributed by atoms with Gasteiger partial charge >= 0.3 is 11.7 Å². The van der Waals surface area contributed by atoms with Crippen molar-refractivity contribution in [2.24, 2.45) is 0 Å². The predicted octanol–water partition coefficient (Wildman–Crippen LogP) is 4.20. The van der Waals surface area contributed by atoms with E-state index in [2.05, 4.69) is 0 Å². The van der Waals surface area contributed by atoms with Crippen LogP contribution in [0.2, 0.25) is 0 Å². The number of ether oxygens (including phenoxy) is 2. The maximum atomic E-state index is 12.2. The van der Waals surface area contributed by atoms with Crippen LogP contribution in [0.25, 0.3) is 11.8 Å². The van der Waals surface area contributed by atoms with E-state index in [-0.39, 0.29) is 11.4 Å². The van der Waals surface area contributed by atoms with Gasteiger partial charge in [-0.25, -0.2) is 4.79 Å². The first-order valence-corrected chi connectivity index (χ1v) is 7.94. The molecule has 0 N–H and O–H groups in total. The minimum atomic E-state index is -0.524. The molecule has 0 amide bonds. The molecule has 1 aliphatic heterocycles. The van der Waals surface area contributed by atoms with E-state index < -0.39 is 10.9 Å². The summed E-state index contributed by atoms with van der Waals surface area (Å²) in [5.74, 6) is 0.140. The Morgan fingerprint density at radius 2 is 1.88 bits per heavy atom. The molecule has 6 heteroatoms. The van der Waals surface area contributed by atoms with Gasteiger partial charge in [-0.15, -0.1) is 0 Å². The van der Waals surface area contributed by atoms with Crippen LogP contribution in [0.4, 0.5) is 5.69 Å². The molecule has 6 nitrogen and oxygen atoms in total. The highest BCUT2D eigenvalue weighted by atomic mass is 16.6. The number of hydrogen-bond acceptors (Lipinski definition) is 5. The first kappa shape index (κ1) is 17.4. The van der Waals surface area contributed by atoms with Crippen molar-refractivity contribution in [2.75, 3.05) is 7.11 Å². The first-order valence-electron chi connectivity index (χ1n) is 7.94. The number of carbonyl (C=O) groups excluding carboxylic acids is 1. The highest BCUT2D eigenvalue weighted by Crippen LogP contribution is 2.31. The van der Waals surface area contributed by atoms with Gasteiger partial charge in [0, 0.05) is 11.6 Å². The average Bonchev–Trinajstić information content (AvgIpc) is 2.98. The van der Waals surface area contributed by atoms with Gasteiger partial charge in [-0.3, -0.25) is 10.1 Å². The molecule has 0 unspecified atom stereocenters. The van der Waals surface area contributed by atoms with Crippen LogP contribution in [0.3, 0.4) is 0 Å². The van der Waals surface area contributed by atoms with Gasteiger partial charge in [-0.1, -0.05) is 18.2 Å². The fraction of sp³-hybridized carbons (Fsp3) is 0.150. The van der Waals surface area contributed by atoms with Crippen molar-refractivity contribution < 1.29 is 19.2 Å². The van der Waals surface area contributed by atoms with Gasteiger partial charge in [0.05, 0.1) is 17.6 Å². The van der Waals surface area contributed by atoms with E-state index in [1.807, 2.05) is 32.0 Å². The number of carbonyl (C=O) groups is 1. The lowest BCUT2D eigenvalue weighted by Gasteiger charge is -2.05. The van der Waals surface area contributed by atoms with Crippen molar-refractivity contribution in [3.63, 3.8) is 0 Å². The minimum absolute atomic E-state index is 0.161. The summed E-state index contributed by atoms with van der Waals surface area (Å²) in [6, 6.07) is 10.3. The Labute approximate surface area is 150 Å². The number of nitro benzene ring substituents is 1. The van der Waals surface area contributed by atoms with Gasteiger partial charge in [0.25, 0.3) is 0 Å². The maximum absolute atomic E-state index is 12.2. The molecule has 1 aliphatic rings. The van der Waals surface area contributed by atoms with E-state index in [1.54, 1.807) is 18.2 Å². The zero-order chi connectivity index (χ0) is 18.8. The SMILES string of the molecule is COc1ccc(/C=C2/C=C(c3ccc(C)c(C)c3)OC2=O)cc1[N+](=O)[O-]. The second-order valence-electron chi connectivity index (χ2n) is 5.99. The Morgan fingerprint density at radius 3 is 2.54 bits per heavy atom. The van der Waals surface area contributed by atoms with E-state index in [4.69, 9.17) is 9.47 Å². The first-order chi connectivity index (χ1) is 12.4. The smallest absolute Gasteiger partial charge is 0.343 e. The normalized spacial score (nSPS) is 15.0. The van der Waals surface area contributed by atoms with Crippen LogP contribution in [0, 0.1) is 24.0 Å². The summed E-state index contributed by atoms with van der Waals surface area (Å²) >= 11 is 0. The van der Waals surface area contributed by atoms with Gasteiger partial charge in [-0.05, 0) is 54.8 Å². The summed E-state index contributed by atoms with van der Waals surface area (Å²) in [6.07, 6.45) is 3.20. The molecule has 2 aromatic rings. The van der Waals surface area contributed by atoms with Crippen molar-refractivity contribution in [1.82, 2.24) is 0 Å². The second kappa shape index (κ2) is 6.84. The summed E-state index contributed by atoms with van der Waals surface area (Å²) < 4.78 is 10.3. The highest BCUT2D eigenvalue weighted by Gasteiger charge is 2.23. The van der Waals surface area contributed by atoms with Crippen molar-refractivity contribution >= 4 is 23.5 Å². The van der Waals surface area contributed by atoms with Gasteiger partial charge in [0.1, 0.15) is 5.76 Å². The highest BCUT2D eigenvalue weighted by molar-refractivity contribution is 6.05. The molecule has 0 fully saturated rings. The Kier molecular flexibility index (Phi) is 4.58. The molecular formula is C20H17NO5. The van der Waals surface area contributed by atoms with E-state index >= 15 is 0 Å². The fourth-order valence-corrected chi connectivity index (χ4v) is 2.64. The Morgan fingerprint density at radius 1 is 1.12 bits per heavy atom. The molecule has 0 spiro atoms. The molecule has 0 bridgehead atoms. The Bertz CT molecular complexity index is 972. The van der Waals surface area contributed by atoms with Gasteiger partial charge in [-0.2, -0.15) is 0 Å². The standard InChI is InChI=1S/C20H17NO5/c1-12-4-6-15(8-13(12)2)19-11-16(20(22)26-19)9-14-5-7-18(25-3)17(10-14)21(23)24/h4-11H,1-3H3/b16-9-. The van der Waals surface area contributed by atoms with Crippen LogP contribution in [-0.2, 0) is 9.53 Å². The Hall–Kier alpha value is -3.41. The van der Waals surface area contributed by atoms with E-state index in [0.717, 1.165) is 16.7 Å². The van der Waals surface area contributed by atoms with Crippen LogP contribution in [0.5, 0.6) is 5.75 Å². The third kappa shape index (κ3) is 3.35. The summed E-state index contributed by atoms with van der Waals surface area (Å²) in [4.78, 5) is 22.8. The molecule has 3 rings (SSSR count). The molecule has 0 saturated carbocycles. The van der Waals surface area contributed by atoms with Crippen LogP contribution in [0.15, 0.2) is 48.0 Å². The molecular weight excluding hydrogens is 334 g/mol. The molecule has 0 aromatic heterocycles. The van der Waals surface area contributed by atoms with E-state index in [1.165, 1.54) is 19.2 Å². The third-order valence-electron chi connectivity index (χ3n) is 4.24. The van der Waals surface area contributed by atoms with Crippen LogP contribution >= 0.6 is 0 Å². The largest absolute Gasteiger partial charge is 0.490 e. The zero-order valence-electron chi connectivity index (χ0n) is 14.6. The number of hydrogen-bond donors (Lipinski definition) is 0. The lowest BCUT2D eigenvalue weighted by Crippen LogP contribution is -1.98. The zero-order valence-corrected chi connectivity index (χ0v) is 14.6. The average molecular weight is 351 g/mol. The van der Waals surface area contributed by atoms with Gasteiger partial charge in [0.15, 0.2) is 5.75 Å². The number of benzene rings is 2. The maximum Gasteiger partial charge on any atom is 0.343 e. The third-order valence-corrected chi connectivity index (χ3v) is 4.24. The molecule has 1 heterocycles. The predicted molar refractivity (Wildman–Crippen MR) is 97.6 cm³/mol. The number of methoxy groups -OCH3 is 1. The van der Waals surface area contributed by atoms with Crippen LogP contribution in [-0.4, -0.2) is 18.0 Å². The molecule has 0 radical (unpaired) electrons. The van der Waals surface area contributed by atoms with Crippen molar-refractivity contribution in [3.05, 3.63) is 80.4 Å². The quantitative estimate of drug-likeness (QED) is 0.357. The van der Waals surface area contributed by atoms with Crippen molar-refractivity contribution in [2.45, 2.75) is 13.8 Å². The molecule has 2 aromatic carbocycles. The van der Waals surface area contributed by atoms with Crippen LogP contribution in [0.1, 0.15) is 22.3 Å². The summed E-state index contributed by atoms with van der Waals surface area (Å²) in [5.41, 5.74) is 3.75. The summed E-state index contributed by atoms with van der Waals surface area (Å²) in [5, 5.41) is 11.1. The summed E-state index contributed by atoms with van der Waals surface area (Å²) in [6.45, 7) is 4.00. The lowest BCUT2D eigenvalue weighted by molar-refractivity contribution is -0.385. The molecule has 132 valence electrons.